The molecule has 7 heteroatoms. The first kappa shape index (κ1) is 7.32. The third-order valence-electron chi connectivity index (χ3n) is 1.21. The second-order valence-corrected chi connectivity index (χ2v) is 3.02. The maximum atomic E-state index is 8.71. The minimum Gasteiger partial charge on any atom is -0.389 e. The highest BCUT2D eigenvalue weighted by Crippen LogP contribution is 2.12. The second-order valence-electron chi connectivity index (χ2n) is 1.98. The Morgan fingerprint density at radius 1 is 1.50 bits per heavy atom. The van der Waals surface area contributed by atoms with Crippen molar-refractivity contribution in [1.29, 1.82) is 0 Å². The van der Waals surface area contributed by atoms with E-state index in [1.165, 1.54) is 28.7 Å². The van der Waals surface area contributed by atoms with E-state index in [1.807, 2.05) is 0 Å². The third kappa shape index (κ3) is 1.19. The molecule has 0 atom stereocenters. The van der Waals surface area contributed by atoms with Gasteiger partial charge in [0.1, 0.15) is 17.7 Å². The quantitative estimate of drug-likeness (QED) is 0.686. The van der Waals surface area contributed by atoms with E-state index < -0.39 is 0 Å². The van der Waals surface area contributed by atoms with Crippen LogP contribution in [0, 0.1) is 0 Å². The van der Waals surface area contributed by atoms with Gasteiger partial charge in [0.15, 0.2) is 0 Å². The van der Waals surface area contributed by atoms with Gasteiger partial charge < -0.3 is 5.11 Å². The highest BCUT2D eigenvalue weighted by atomic mass is 32.1. The van der Waals surface area contributed by atoms with Crippen LogP contribution in [0.1, 0.15) is 5.01 Å². The van der Waals surface area contributed by atoms with Crippen LogP contribution in [-0.2, 0) is 6.61 Å². The van der Waals surface area contributed by atoms with Crippen molar-refractivity contribution >= 4 is 11.3 Å². The molecule has 0 aromatic carbocycles. The summed E-state index contributed by atoms with van der Waals surface area (Å²) in [5, 5.41) is 21.3. The largest absolute Gasteiger partial charge is 0.389 e. The minimum atomic E-state index is -0.0909. The maximum Gasteiger partial charge on any atom is 0.234 e. The lowest BCUT2D eigenvalue weighted by Crippen LogP contribution is -1.92. The van der Waals surface area contributed by atoms with Crippen LogP contribution < -0.4 is 0 Å². The van der Waals surface area contributed by atoms with Gasteiger partial charge in [0.25, 0.3) is 0 Å². The van der Waals surface area contributed by atoms with Gasteiger partial charge in [-0.3, -0.25) is 0 Å². The van der Waals surface area contributed by atoms with E-state index in [9.17, 15) is 0 Å². The zero-order valence-corrected chi connectivity index (χ0v) is 6.77. The van der Waals surface area contributed by atoms with Crippen LogP contribution in [0.2, 0.25) is 0 Å². The molecule has 1 N–H and O–H groups in total. The molecule has 0 aliphatic carbocycles. The Morgan fingerprint density at radius 2 is 2.42 bits per heavy atom. The van der Waals surface area contributed by atoms with Gasteiger partial charge in [-0.2, -0.15) is 9.78 Å². The predicted molar refractivity (Wildman–Crippen MR) is 40.7 cm³/mol. The summed E-state index contributed by atoms with van der Waals surface area (Å²) < 4.78 is 1.50. The molecule has 0 saturated carbocycles. The van der Waals surface area contributed by atoms with E-state index in [2.05, 4.69) is 20.3 Å². The number of hydrogen-bond acceptors (Lipinski definition) is 6. The average Bonchev–Trinajstić information content (AvgIpc) is 2.75. The summed E-state index contributed by atoms with van der Waals surface area (Å²) in [6, 6.07) is 0. The third-order valence-corrected chi connectivity index (χ3v) is 2.10. The molecule has 2 aromatic heterocycles. The SMILES string of the molecule is OCc1nnc(-n2cncn2)s1. The van der Waals surface area contributed by atoms with Crippen LogP contribution in [0.5, 0.6) is 0 Å². The van der Waals surface area contributed by atoms with Crippen molar-refractivity contribution in [2.45, 2.75) is 6.61 Å². The van der Waals surface area contributed by atoms with Crippen molar-refractivity contribution in [3.05, 3.63) is 17.7 Å². The lowest BCUT2D eigenvalue weighted by molar-refractivity contribution is 0.280. The van der Waals surface area contributed by atoms with Gasteiger partial charge in [-0.15, -0.1) is 10.2 Å². The fourth-order valence-corrected chi connectivity index (χ4v) is 1.33. The Morgan fingerprint density at radius 3 is 3.00 bits per heavy atom. The fraction of sp³-hybridized carbons (Fsp3) is 0.200. The highest BCUT2D eigenvalue weighted by molar-refractivity contribution is 7.13. The Kier molecular flexibility index (Phi) is 1.80. The summed E-state index contributed by atoms with van der Waals surface area (Å²) in [4.78, 5) is 3.76. The predicted octanol–water partition coefficient (Wildman–Crippen LogP) is -0.389. The first-order valence-electron chi connectivity index (χ1n) is 3.18. The van der Waals surface area contributed by atoms with Crippen LogP contribution in [0.25, 0.3) is 5.13 Å². The molecule has 0 bridgehead atoms. The summed E-state index contributed by atoms with van der Waals surface area (Å²) in [6.45, 7) is -0.0909. The van der Waals surface area contributed by atoms with Gasteiger partial charge in [0.2, 0.25) is 5.13 Å². The molecular formula is C5H5N5OS. The maximum absolute atomic E-state index is 8.71. The van der Waals surface area contributed by atoms with E-state index in [1.54, 1.807) is 0 Å². The van der Waals surface area contributed by atoms with Gasteiger partial charge in [-0.25, -0.2) is 4.98 Å². The van der Waals surface area contributed by atoms with Gasteiger partial charge >= 0.3 is 0 Å². The second kappa shape index (κ2) is 2.95. The number of aromatic nitrogens is 5. The zero-order valence-electron chi connectivity index (χ0n) is 5.95. The molecule has 2 heterocycles. The van der Waals surface area contributed by atoms with E-state index in [0.29, 0.717) is 10.1 Å². The van der Waals surface area contributed by atoms with Gasteiger partial charge in [-0.1, -0.05) is 11.3 Å². The summed E-state index contributed by atoms with van der Waals surface area (Å²) in [7, 11) is 0. The molecule has 0 fully saturated rings. The standard InChI is InChI=1S/C5H5N5OS/c11-1-4-8-9-5(12-4)10-3-6-2-7-10/h2-3,11H,1H2. The Hall–Kier alpha value is -1.34. The molecule has 2 rings (SSSR count). The molecule has 0 saturated heterocycles. The zero-order chi connectivity index (χ0) is 8.39. The Labute approximate surface area is 71.5 Å². The van der Waals surface area contributed by atoms with Gasteiger partial charge in [-0.05, 0) is 0 Å². The summed E-state index contributed by atoms with van der Waals surface area (Å²) >= 11 is 1.28. The molecular weight excluding hydrogens is 178 g/mol. The fourth-order valence-electron chi connectivity index (χ4n) is 0.708. The molecule has 12 heavy (non-hydrogen) atoms. The molecule has 0 radical (unpaired) electrons. The van der Waals surface area contributed by atoms with Crippen LogP contribution >= 0.6 is 11.3 Å². The Balaban J connectivity index is 2.35. The first-order valence-corrected chi connectivity index (χ1v) is 4.00. The normalized spacial score (nSPS) is 10.4. The smallest absolute Gasteiger partial charge is 0.234 e. The number of hydrogen-bond donors (Lipinski definition) is 1. The molecule has 0 spiro atoms. The topological polar surface area (TPSA) is 76.7 Å². The van der Waals surface area contributed by atoms with E-state index in [0.717, 1.165) is 0 Å². The number of aliphatic hydroxyl groups is 1. The molecule has 0 amide bonds. The van der Waals surface area contributed by atoms with Gasteiger partial charge in [0, 0.05) is 0 Å². The average molecular weight is 183 g/mol. The van der Waals surface area contributed by atoms with Crippen LogP contribution in [-0.4, -0.2) is 30.1 Å². The summed E-state index contributed by atoms with van der Waals surface area (Å²) in [6.07, 6.45) is 2.95. The molecule has 0 aliphatic rings. The number of rotatable bonds is 2. The first-order chi connectivity index (χ1) is 5.90. The minimum absolute atomic E-state index is 0.0909. The van der Waals surface area contributed by atoms with Crippen molar-refractivity contribution < 1.29 is 5.11 Å². The molecule has 62 valence electrons. The van der Waals surface area contributed by atoms with E-state index in [4.69, 9.17) is 5.11 Å². The van der Waals surface area contributed by atoms with Crippen molar-refractivity contribution in [2.75, 3.05) is 0 Å². The van der Waals surface area contributed by atoms with Crippen LogP contribution in [0.3, 0.4) is 0 Å². The van der Waals surface area contributed by atoms with Crippen LogP contribution in [0.4, 0.5) is 0 Å². The molecule has 0 aliphatic heterocycles. The number of aliphatic hydroxyl groups excluding tert-OH is 1. The van der Waals surface area contributed by atoms with E-state index in [-0.39, 0.29) is 6.61 Å². The molecule has 0 unspecified atom stereocenters. The highest BCUT2D eigenvalue weighted by Gasteiger charge is 2.04. The van der Waals surface area contributed by atoms with Crippen molar-refractivity contribution in [3.63, 3.8) is 0 Å². The van der Waals surface area contributed by atoms with Crippen molar-refractivity contribution in [3.8, 4) is 5.13 Å². The van der Waals surface area contributed by atoms with E-state index >= 15 is 0 Å². The summed E-state index contributed by atoms with van der Waals surface area (Å²) in [5.41, 5.74) is 0. The van der Waals surface area contributed by atoms with Crippen molar-refractivity contribution in [2.24, 2.45) is 0 Å². The lowest BCUT2D eigenvalue weighted by atomic mass is 10.8. The van der Waals surface area contributed by atoms with Crippen LogP contribution in [0.15, 0.2) is 12.7 Å². The Bertz CT molecular complexity index is 356. The summed E-state index contributed by atoms with van der Waals surface area (Å²) in [5.74, 6) is 0. The molecule has 2 aromatic rings. The monoisotopic (exact) mass is 183 g/mol. The lowest BCUT2D eigenvalue weighted by Gasteiger charge is -1.87. The molecule has 6 nitrogen and oxygen atoms in total. The number of nitrogens with zero attached hydrogens (tertiary/aromatic N) is 5. The van der Waals surface area contributed by atoms with Crippen molar-refractivity contribution in [1.82, 2.24) is 25.0 Å². The van der Waals surface area contributed by atoms with Gasteiger partial charge in [0.05, 0.1) is 6.61 Å².